The predicted molar refractivity (Wildman–Crippen MR) is 99.2 cm³/mol. The monoisotopic (exact) mass is 396 g/mol. The SMILES string of the molecule is O=C(Nc1nc(-c2cc(Cl)ccc2Cl)cs1)[C@H]1CC=CC[C@H]1C(=O)O. The van der Waals surface area contributed by atoms with Gasteiger partial charge in [0.05, 0.1) is 22.6 Å². The van der Waals surface area contributed by atoms with Crippen molar-refractivity contribution >= 4 is 51.5 Å². The van der Waals surface area contributed by atoms with Crippen LogP contribution in [0.1, 0.15) is 12.8 Å². The number of halogens is 2. The third-order valence-electron chi connectivity index (χ3n) is 4.03. The summed E-state index contributed by atoms with van der Waals surface area (Å²) < 4.78 is 0. The summed E-state index contributed by atoms with van der Waals surface area (Å²) in [6.07, 6.45) is 4.39. The van der Waals surface area contributed by atoms with E-state index in [0.29, 0.717) is 39.3 Å². The van der Waals surface area contributed by atoms with Gasteiger partial charge in [0.15, 0.2) is 5.13 Å². The molecular weight excluding hydrogens is 383 g/mol. The lowest BCUT2D eigenvalue weighted by atomic mass is 9.82. The van der Waals surface area contributed by atoms with Crippen LogP contribution in [0.3, 0.4) is 0 Å². The fraction of sp³-hybridized carbons (Fsp3) is 0.235. The fourth-order valence-electron chi connectivity index (χ4n) is 2.72. The first-order valence-electron chi connectivity index (χ1n) is 7.55. The van der Waals surface area contributed by atoms with E-state index in [2.05, 4.69) is 10.3 Å². The first-order valence-corrected chi connectivity index (χ1v) is 9.19. The van der Waals surface area contributed by atoms with Crippen LogP contribution in [-0.2, 0) is 9.59 Å². The van der Waals surface area contributed by atoms with E-state index < -0.39 is 17.8 Å². The molecule has 1 heterocycles. The molecule has 25 heavy (non-hydrogen) atoms. The van der Waals surface area contributed by atoms with Gasteiger partial charge in [-0.1, -0.05) is 35.4 Å². The summed E-state index contributed by atoms with van der Waals surface area (Å²) in [6.45, 7) is 0. The molecule has 2 N–H and O–H groups in total. The normalized spacial score (nSPS) is 19.6. The van der Waals surface area contributed by atoms with Crippen molar-refractivity contribution in [1.82, 2.24) is 4.98 Å². The van der Waals surface area contributed by atoms with E-state index >= 15 is 0 Å². The highest BCUT2D eigenvalue weighted by Gasteiger charge is 2.34. The zero-order chi connectivity index (χ0) is 18.0. The Hall–Kier alpha value is -1.89. The number of nitrogens with one attached hydrogen (secondary N) is 1. The number of rotatable bonds is 4. The van der Waals surface area contributed by atoms with Crippen molar-refractivity contribution < 1.29 is 14.7 Å². The Balaban J connectivity index is 1.77. The molecule has 0 saturated heterocycles. The Labute approximate surface area is 158 Å². The van der Waals surface area contributed by atoms with Crippen LogP contribution in [-0.4, -0.2) is 22.0 Å². The second-order valence-corrected chi connectivity index (χ2v) is 7.35. The summed E-state index contributed by atoms with van der Waals surface area (Å²) >= 11 is 13.4. The maximum absolute atomic E-state index is 12.5. The van der Waals surface area contributed by atoms with Crippen LogP contribution in [0.25, 0.3) is 11.3 Å². The summed E-state index contributed by atoms with van der Waals surface area (Å²) in [5, 5.41) is 15.2. The number of carbonyl (C=O) groups excluding carboxylic acids is 1. The van der Waals surface area contributed by atoms with Gasteiger partial charge >= 0.3 is 5.97 Å². The smallest absolute Gasteiger partial charge is 0.307 e. The molecule has 0 bridgehead atoms. The van der Waals surface area contributed by atoms with Crippen LogP contribution < -0.4 is 5.32 Å². The zero-order valence-corrected chi connectivity index (χ0v) is 15.2. The Morgan fingerprint density at radius 3 is 2.64 bits per heavy atom. The second kappa shape index (κ2) is 7.56. The fourth-order valence-corrected chi connectivity index (χ4v) is 3.82. The molecule has 0 fully saturated rings. The van der Waals surface area contributed by atoms with E-state index in [1.165, 1.54) is 11.3 Å². The van der Waals surface area contributed by atoms with Gasteiger partial charge in [0, 0.05) is 16.0 Å². The highest BCUT2D eigenvalue weighted by atomic mass is 35.5. The molecule has 8 heteroatoms. The van der Waals surface area contributed by atoms with Gasteiger partial charge in [0.1, 0.15) is 0 Å². The number of aromatic nitrogens is 1. The lowest BCUT2D eigenvalue weighted by molar-refractivity contribution is -0.146. The maximum atomic E-state index is 12.5. The van der Waals surface area contributed by atoms with Crippen LogP contribution in [0.15, 0.2) is 35.7 Å². The molecule has 1 aliphatic carbocycles. The van der Waals surface area contributed by atoms with Gasteiger partial charge in [-0.15, -0.1) is 11.3 Å². The lowest BCUT2D eigenvalue weighted by Crippen LogP contribution is -2.34. The maximum Gasteiger partial charge on any atom is 0.307 e. The molecule has 1 amide bonds. The number of amides is 1. The molecular formula is C17H14Cl2N2O3S. The average molecular weight is 397 g/mol. The highest BCUT2D eigenvalue weighted by molar-refractivity contribution is 7.14. The highest BCUT2D eigenvalue weighted by Crippen LogP contribution is 2.33. The number of thiazole rings is 1. The molecule has 0 spiro atoms. The van der Waals surface area contributed by atoms with Crippen molar-refractivity contribution in [3.8, 4) is 11.3 Å². The van der Waals surface area contributed by atoms with Gasteiger partial charge in [-0.05, 0) is 31.0 Å². The zero-order valence-electron chi connectivity index (χ0n) is 12.9. The van der Waals surface area contributed by atoms with Gasteiger partial charge in [0.2, 0.25) is 5.91 Å². The van der Waals surface area contributed by atoms with E-state index in [0.717, 1.165) is 0 Å². The number of anilines is 1. The summed E-state index contributed by atoms with van der Waals surface area (Å²) in [5.41, 5.74) is 1.28. The van der Waals surface area contributed by atoms with Gasteiger partial charge in [-0.3, -0.25) is 9.59 Å². The minimum absolute atomic E-state index is 0.338. The van der Waals surface area contributed by atoms with Crippen molar-refractivity contribution in [2.75, 3.05) is 5.32 Å². The molecule has 1 aliphatic rings. The molecule has 5 nitrogen and oxygen atoms in total. The minimum Gasteiger partial charge on any atom is -0.481 e. The Kier molecular flexibility index (Phi) is 5.42. The van der Waals surface area contributed by atoms with Crippen LogP contribution in [0.4, 0.5) is 5.13 Å². The Morgan fingerprint density at radius 2 is 1.92 bits per heavy atom. The van der Waals surface area contributed by atoms with E-state index in [9.17, 15) is 14.7 Å². The largest absolute Gasteiger partial charge is 0.481 e. The summed E-state index contributed by atoms with van der Waals surface area (Å²) in [7, 11) is 0. The van der Waals surface area contributed by atoms with E-state index in [4.69, 9.17) is 23.2 Å². The minimum atomic E-state index is -0.963. The van der Waals surface area contributed by atoms with Crippen LogP contribution in [0, 0.1) is 11.8 Å². The van der Waals surface area contributed by atoms with Crippen molar-refractivity contribution in [3.63, 3.8) is 0 Å². The van der Waals surface area contributed by atoms with E-state index in [1.54, 1.807) is 29.7 Å². The Bertz CT molecular complexity index is 850. The quantitative estimate of drug-likeness (QED) is 0.732. The number of carboxylic acid groups (broad SMARTS) is 1. The van der Waals surface area contributed by atoms with Crippen LogP contribution in [0.5, 0.6) is 0 Å². The summed E-state index contributed by atoms with van der Waals surface area (Å²) in [4.78, 5) is 28.2. The van der Waals surface area contributed by atoms with Gasteiger partial charge in [0.25, 0.3) is 0 Å². The topological polar surface area (TPSA) is 79.3 Å². The number of benzene rings is 1. The molecule has 1 aromatic carbocycles. The standard InChI is InChI=1S/C17H14Cl2N2O3S/c18-9-5-6-13(19)12(7-9)14-8-25-17(20-14)21-15(22)10-3-1-2-4-11(10)16(23)24/h1-2,5-8,10-11H,3-4H2,(H,23,24)(H,20,21,22)/t10-,11+/m0/s1. The molecule has 130 valence electrons. The molecule has 1 aromatic heterocycles. The molecule has 2 aromatic rings. The number of hydrogen-bond acceptors (Lipinski definition) is 4. The number of aliphatic carboxylic acids is 1. The third-order valence-corrected chi connectivity index (χ3v) is 5.35. The van der Waals surface area contributed by atoms with Crippen molar-refractivity contribution in [1.29, 1.82) is 0 Å². The number of carboxylic acids is 1. The first kappa shape index (κ1) is 17.9. The number of carbonyl (C=O) groups is 2. The van der Waals surface area contributed by atoms with Crippen molar-refractivity contribution in [2.24, 2.45) is 11.8 Å². The lowest BCUT2D eigenvalue weighted by Gasteiger charge is -2.23. The van der Waals surface area contributed by atoms with Gasteiger partial charge in [-0.2, -0.15) is 0 Å². The number of nitrogens with zero attached hydrogens (tertiary/aromatic N) is 1. The summed E-state index contributed by atoms with van der Waals surface area (Å²) in [6, 6.07) is 5.07. The molecule has 0 radical (unpaired) electrons. The molecule has 0 aliphatic heterocycles. The van der Waals surface area contributed by atoms with E-state index in [-0.39, 0.29) is 5.91 Å². The average Bonchev–Trinajstić information content (AvgIpc) is 3.05. The second-order valence-electron chi connectivity index (χ2n) is 5.65. The van der Waals surface area contributed by atoms with Crippen molar-refractivity contribution in [2.45, 2.75) is 12.8 Å². The third kappa shape index (κ3) is 4.03. The molecule has 0 unspecified atom stereocenters. The molecule has 2 atom stereocenters. The summed E-state index contributed by atoms with van der Waals surface area (Å²) in [5.74, 6) is -2.62. The van der Waals surface area contributed by atoms with E-state index in [1.807, 2.05) is 6.08 Å². The van der Waals surface area contributed by atoms with Crippen molar-refractivity contribution in [3.05, 3.63) is 45.8 Å². The van der Waals surface area contributed by atoms with Crippen LogP contribution in [0.2, 0.25) is 10.0 Å². The predicted octanol–water partition coefficient (Wildman–Crippen LogP) is 4.72. The van der Waals surface area contributed by atoms with Crippen LogP contribution >= 0.6 is 34.5 Å². The first-order chi connectivity index (χ1) is 12.0. The number of hydrogen-bond donors (Lipinski definition) is 2. The van der Waals surface area contributed by atoms with Gasteiger partial charge < -0.3 is 10.4 Å². The Morgan fingerprint density at radius 1 is 1.20 bits per heavy atom. The number of allylic oxidation sites excluding steroid dienone is 2. The molecule has 0 saturated carbocycles. The van der Waals surface area contributed by atoms with Gasteiger partial charge in [-0.25, -0.2) is 4.98 Å². The molecule has 3 rings (SSSR count).